The number of rotatable bonds is 10. The molecule has 0 aliphatic heterocycles. The summed E-state index contributed by atoms with van der Waals surface area (Å²) in [6.07, 6.45) is 0.247. The molecule has 4 nitrogen and oxygen atoms in total. The molecule has 2 atom stereocenters. The average molecular weight is 496 g/mol. The quantitative estimate of drug-likeness (QED) is 0.292. The van der Waals surface area contributed by atoms with E-state index in [1.807, 2.05) is 43.3 Å². The number of esters is 1. The smallest absolute Gasteiger partial charge is 0.307 e. The minimum atomic E-state index is -0.213. The van der Waals surface area contributed by atoms with Crippen molar-refractivity contribution < 1.29 is 14.3 Å². The van der Waals surface area contributed by atoms with Crippen LogP contribution in [0.3, 0.4) is 0 Å². The summed E-state index contributed by atoms with van der Waals surface area (Å²) in [6.45, 7) is 5.07. The van der Waals surface area contributed by atoms with Gasteiger partial charge in [0.05, 0.1) is 20.1 Å². The Bertz CT molecular complexity index is 994. The molecule has 0 aliphatic carbocycles. The zero-order chi connectivity index (χ0) is 22.9. The van der Waals surface area contributed by atoms with E-state index in [-0.39, 0.29) is 24.5 Å². The van der Waals surface area contributed by atoms with Gasteiger partial charge in [0.25, 0.3) is 0 Å². The summed E-state index contributed by atoms with van der Waals surface area (Å²) in [4.78, 5) is 15.1. The molecule has 1 unspecified atom stereocenters. The van der Waals surface area contributed by atoms with Crippen LogP contribution in [0.2, 0.25) is 0 Å². The van der Waals surface area contributed by atoms with Crippen LogP contribution in [0.15, 0.2) is 83.3 Å². The fraction of sp³-hybridized carbons (Fsp3) is 0.296. The van der Waals surface area contributed by atoms with E-state index >= 15 is 0 Å². The maximum Gasteiger partial charge on any atom is 0.307 e. The third-order valence-corrected chi connectivity index (χ3v) is 6.03. The summed E-state index contributed by atoms with van der Waals surface area (Å²) < 4.78 is 11.8. The van der Waals surface area contributed by atoms with Crippen LogP contribution in [0.25, 0.3) is 0 Å². The van der Waals surface area contributed by atoms with E-state index in [2.05, 4.69) is 70.2 Å². The van der Waals surface area contributed by atoms with E-state index in [0.29, 0.717) is 13.2 Å². The second-order valence-electron chi connectivity index (χ2n) is 7.69. The van der Waals surface area contributed by atoms with Crippen molar-refractivity contribution in [3.63, 3.8) is 0 Å². The first-order valence-electron chi connectivity index (χ1n) is 10.9. The van der Waals surface area contributed by atoms with Crippen LogP contribution in [0, 0.1) is 0 Å². The number of halogens is 1. The van der Waals surface area contributed by atoms with Gasteiger partial charge in [-0.3, -0.25) is 9.69 Å². The SMILES string of the molecule is CCOC(=O)CC(c1cc(Br)cc(OC)c1)N(Cc1ccccc1)[C@H](C)c1ccccc1. The van der Waals surface area contributed by atoms with Gasteiger partial charge in [-0.1, -0.05) is 76.6 Å². The van der Waals surface area contributed by atoms with E-state index in [1.54, 1.807) is 7.11 Å². The van der Waals surface area contributed by atoms with Crippen molar-refractivity contribution in [1.29, 1.82) is 0 Å². The van der Waals surface area contributed by atoms with Crippen molar-refractivity contribution in [2.24, 2.45) is 0 Å². The predicted octanol–water partition coefficient (Wildman–Crippen LogP) is 6.72. The Kier molecular flexibility index (Phi) is 8.89. The zero-order valence-electron chi connectivity index (χ0n) is 18.8. The van der Waals surface area contributed by atoms with Gasteiger partial charge in [-0.2, -0.15) is 0 Å². The minimum absolute atomic E-state index is 0.0702. The van der Waals surface area contributed by atoms with Gasteiger partial charge in [-0.05, 0) is 48.7 Å². The van der Waals surface area contributed by atoms with E-state index in [0.717, 1.165) is 15.8 Å². The van der Waals surface area contributed by atoms with Gasteiger partial charge in [-0.15, -0.1) is 0 Å². The molecule has 0 saturated carbocycles. The molecular weight excluding hydrogens is 466 g/mol. The van der Waals surface area contributed by atoms with Crippen LogP contribution < -0.4 is 4.74 Å². The lowest BCUT2D eigenvalue weighted by atomic mass is 9.96. The molecule has 0 bridgehead atoms. The standard InChI is InChI=1S/C27H30BrNO3/c1-4-32-27(30)18-26(23-15-24(28)17-25(16-23)31-3)29(19-21-11-7-5-8-12-21)20(2)22-13-9-6-10-14-22/h5-17,20,26H,4,18-19H2,1-3H3/t20-,26?/m1/s1. The number of nitrogens with zero attached hydrogens (tertiary/aromatic N) is 1. The molecule has 0 heterocycles. The number of carbonyl (C=O) groups is 1. The van der Waals surface area contributed by atoms with E-state index in [9.17, 15) is 4.79 Å². The molecule has 0 aliphatic rings. The molecular formula is C27H30BrNO3. The van der Waals surface area contributed by atoms with Crippen LogP contribution >= 0.6 is 15.9 Å². The van der Waals surface area contributed by atoms with Gasteiger partial charge in [0.2, 0.25) is 0 Å². The monoisotopic (exact) mass is 495 g/mol. The molecule has 0 spiro atoms. The Labute approximate surface area is 199 Å². The first kappa shape index (κ1) is 24.0. The highest BCUT2D eigenvalue weighted by molar-refractivity contribution is 9.10. The number of hydrogen-bond donors (Lipinski definition) is 0. The summed E-state index contributed by atoms with van der Waals surface area (Å²) in [7, 11) is 1.65. The second-order valence-corrected chi connectivity index (χ2v) is 8.61. The minimum Gasteiger partial charge on any atom is -0.497 e. The summed E-state index contributed by atoms with van der Waals surface area (Å²) >= 11 is 3.60. The fourth-order valence-corrected chi connectivity index (χ4v) is 4.42. The Hall–Kier alpha value is -2.63. The van der Waals surface area contributed by atoms with E-state index in [1.165, 1.54) is 11.1 Å². The van der Waals surface area contributed by atoms with E-state index < -0.39 is 0 Å². The first-order chi connectivity index (χ1) is 15.5. The third kappa shape index (κ3) is 6.44. The van der Waals surface area contributed by atoms with Crippen LogP contribution in [-0.4, -0.2) is 24.6 Å². The highest BCUT2D eigenvalue weighted by atomic mass is 79.9. The highest BCUT2D eigenvalue weighted by Crippen LogP contribution is 2.37. The number of ether oxygens (including phenoxy) is 2. The van der Waals surface area contributed by atoms with Crippen molar-refractivity contribution >= 4 is 21.9 Å². The normalized spacial score (nSPS) is 12.9. The lowest BCUT2D eigenvalue weighted by Gasteiger charge is -2.37. The Morgan fingerprint density at radius 1 is 0.969 bits per heavy atom. The zero-order valence-corrected chi connectivity index (χ0v) is 20.4. The summed E-state index contributed by atoms with van der Waals surface area (Å²) in [5, 5.41) is 0. The Balaban J connectivity index is 2.08. The number of benzene rings is 3. The van der Waals surface area contributed by atoms with Crippen molar-refractivity contribution in [1.82, 2.24) is 4.90 Å². The first-order valence-corrected chi connectivity index (χ1v) is 11.7. The van der Waals surface area contributed by atoms with Gasteiger partial charge in [-0.25, -0.2) is 0 Å². The van der Waals surface area contributed by atoms with Crippen LogP contribution in [0.5, 0.6) is 5.75 Å². The third-order valence-electron chi connectivity index (χ3n) is 5.57. The molecule has 0 fully saturated rings. The van der Waals surface area contributed by atoms with Gasteiger partial charge >= 0.3 is 5.97 Å². The maximum absolute atomic E-state index is 12.7. The average Bonchev–Trinajstić information content (AvgIpc) is 2.82. The second kappa shape index (κ2) is 11.8. The van der Waals surface area contributed by atoms with Crippen LogP contribution in [-0.2, 0) is 16.1 Å². The van der Waals surface area contributed by atoms with Crippen LogP contribution in [0.1, 0.15) is 49.0 Å². The number of methoxy groups -OCH3 is 1. The highest BCUT2D eigenvalue weighted by Gasteiger charge is 2.29. The van der Waals surface area contributed by atoms with Gasteiger partial charge in [0.15, 0.2) is 0 Å². The lowest BCUT2D eigenvalue weighted by molar-refractivity contribution is -0.145. The van der Waals surface area contributed by atoms with Crippen molar-refractivity contribution in [3.05, 3.63) is 100 Å². The molecule has 0 saturated heterocycles. The molecule has 5 heteroatoms. The lowest BCUT2D eigenvalue weighted by Crippen LogP contribution is -2.33. The Morgan fingerprint density at radius 3 is 2.25 bits per heavy atom. The van der Waals surface area contributed by atoms with Crippen molar-refractivity contribution in [2.45, 2.75) is 38.9 Å². The molecule has 0 amide bonds. The maximum atomic E-state index is 12.7. The molecule has 32 heavy (non-hydrogen) atoms. The Morgan fingerprint density at radius 2 is 1.62 bits per heavy atom. The molecule has 0 aromatic heterocycles. The molecule has 0 N–H and O–H groups in total. The van der Waals surface area contributed by atoms with Gasteiger partial charge in [0.1, 0.15) is 5.75 Å². The van der Waals surface area contributed by atoms with E-state index in [4.69, 9.17) is 9.47 Å². The summed E-state index contributed by atoms with van der Waals surface area (Å²) in [5.41, 5.74) is 3.38. The fourth-order valence-electron chi connectivity index (χ4n) is 3.93. The summed E-state index contributed by atoms with van der Waals surface area (Å²) in [5.74, 6) is 0.532. The van der Waals surface area contributed by atoms with Crippen LogP contribution in [0.4, 0.5) is 0 Å². The molecule has 3 rings (SSSR count). The largest absolute Gasteiger partial charge is 0.497 e. The predicted molar refractivity (Wildman–Crippen MR) is 132 cm³/mol. The van der Waals surface area contributed by atoms with Crippen molar-refractivity contribution in [2.75, 3.05) is 13.7 Å². The van der Waals surface area contributed by atoms with Gasteiger partial charge < -0.3 is 9.47 Å². The molecule has 168 valence electrons. The molecule has 3 aromatic carbocycles. The topological polar surface area (TPSA) is 38.8 Å². The molecule has 3 aromatic rings. The van der Waals surface area contributed by atoms with Gasteiger partial charge in [0, 0.05) is 23.1 Å². The summed E-state index contributed by atoms with van der Waals surface area (Å²) in [6, 6.07) is 26.6. The molecule has 0 radical (unpaired) electrons. The number of hydrogen-bond acceptors (Lipinski definition) is 4. The van der Waals surface area contributed by atoms with Crippen molar-refractivity contribution in [3.8, 4) is 5.75 Å². The number of carbonyl (C=O) groups excluding carboxylic acids is 1.